The topological polar surface area (TPSA) is 28.1 Å². The minimum absolute atomic E-state index is 0.0378. The van der Waals surface area contributed by atoms with E-state index in [4.69, 9.17) is 11.8 Å². The van der Waals surface area contributed by atoms with Gasteiger partial charge in [-0.2, -0.15) is 17.9 Å². The molecular weight excluding hydrogens is 140 g/mol. The number of hydrogen-bond donors (Lipinski definition) is 2. The van der Waals surface area contributed by atoms with Crippen LogP contribution in [-0.2, 0) is 0 Å². The van der Waals surface area contributed by atoms with Crippen LogP contribution < -0.4 is 0 Å². The van der Waals surface area contributed by atoms with E-state index in [0.29, 0.717) is 0 Å². The lowest BCUT2D eigenvalue weighted by Crippen LogP contribution is -1.63. The maximum Gasteiger partial charge on any atom is 0.241 e. The molecule has 0 N–H and O–H groups in total. The van der Waals surface area contributed by atoms with Crippen LogP contribution in [0.2, 0.25) is 0 Å². The Hall–Kier alpha value is -0.580. The molecule has 0 radical (unpaired) electrons. The van der Waals surface area contributed by atoms with Crippen molar-refractivity contribution in [3.8, 4) is 6.07 Å². The van der Waals surface area contributed by atoms with Gasteiger partial charge in [0.1, 0.15) is 0 Å². The van der Waals surface area contributed by atoms with Crippen molar-refractivity contribution in [1.29, 1.82) is 5.26 Å². The van der Waals surface area contributed by atoms with Gasteiger partial charge in [-0.1, -0.05) is 0 Å². The van der Waals surface area contributed by atoms with E-state index < -0.39 is 0 Å². The summed E-state index contributed by atoms with van der Waals surface area (Å²) in [4.78, 5) is 2.91. The summed E-state index contributed by atoms with van der Waals surface area (Å²) in [7, 11) is 0. The molecule has 0 aliphatic carbocycles. The molecule has 0 atom stereocenters. The molecule has 0 aromatic rings. The van der Waals surface area contributed by atoms with E-state index in [0.717, 1.165) is 0 Å². The standard InChI is InChI=1S/C4H2N2S2/c1-6-4(8)3(7)2-5/h7-8H. The molecular formula is C4H2N2S2. The summed E-state index contributed by atoms with van der Waals surface area (Å²) in [5.41, 5.74) is 0. The van der Waals surface area contributed by atoms with Gasteiger partial charge in [0.2, 0.25) is 5.03 Å². The largest absolute Gasteiger partial charge is 0.241 e. The van der Waals surface area contributed by atoms with Crippen molar-refractivity contribution in [2.75, 3.05) is 0 Å². The predicted octanol–water partition coefficient (Wildman–Crippen LogP) is 1.46. The molecule has 0 saturated heterocycles. The Morgan fingerprint density at radius 2 is 2.12 bits per heavy atom. The van der Waals surface area contributed by atoms with Crippen LogP contribution >= 0.6 is 25.3 Å². The van der Waals surface area contributed by atoms with Crippen LogP contribution in [0.5, 0.6) is 0 Å². The highest BCUT2D eigenvalue weighted by Gasteiger charge is 1.92. The number of hydrogen-bond acceptors (Lipinski definition) is 3. The predicted molar refractivity (Wildman–Crippen MR) is 37.2 cm³/mol. The lowest BCUT2D eigenvalue weighted by molar-refractivity contribution is 1.52. The summed E-state index contributed by atoms with van der Waals surface area (Å²) in [5, 5.41) is 8.10. The first-order valence-corrected chi connectivity index (χ1v) is 2.51. The molecule has 0 fully saturated rings. The van der Waals surface area contributed by atoms with E-state index in [2.05, 4.69) is 30.1 Å². The summed E-state index contributed by atoms with van der Waals surface area (Å²) in [6, 6.07) is 1.67. The minimum Gasteiger partial charge on any atom is -0.229 e. The fraction of sp³-hybridized carbons (Fsp3) is 0. The van der Waals surface area contributed by atoms with E-state index in [1.165, 1.54) is 0 Å². The molecule has 0 aromatic heterocycles. The Morgan fingerprint density at radius 1 is 1.62 bits per heavy atom. The second-order valence-corrected chi connectivity index (χ2v) is 1.77. The molecule has 0 heterocycles. The first kappa shape index (κ1) is 7.42. The molecule has 0 aliphatic heterocycles. The molecule has 8 heavy (non-hydrogen) atoms. The third-order valence-corrected chi connectivity index (χ3v) is 1.24. The van der Waals surface area contributed by atoms with Crippen LogP contribution in [0, 0.1) is 17.9 Å². The highest BCUT2D eigenvalue weighted by molar-refractivity contribution is 7.88. The Morgan fingerprint density at radius 3 is 2.25 bits per heavy atom. The Labute approximate surface area is 58.4 Å². The van der Waals surface area contributed by atoms with Gasteiger partial charge in [0.15, 0.2) is 0 Å². The lowest BCUT2D eigenvalue weighted by Gasteiger charge is -1.80. The lowest BCUT2D eigenvalue weighted by atomic mass is 10.7. The summed E-state index contributed by atoms with van der Waals surface area (Å²) in [6.07, 6.45) is 0. The maximum atomic E-state index is 8.06. The van der Waals surface area contributed by atoms with Gasteiger partial charge in [-0.15, -0.1) is 12.6 Å². The van der Waals surface area contributed by atoms with Gasteiger partial charge < -0.3 is 0 Å². The van der Waals surface area contributed by atoms with E-state index >= 15 is 0 Å². The van der Waals surface area contributed by atoms with Crippen molar-refractivity contribution < 1.29 is 0 Å². The molecule has 40 valence electrons. The molecule has 0 aromatic carbocycles. The minimum atomic E-state index is 0.0378. The average molecular weight is 142 g/mol. The van der Waals surface area contributed by atoms with E-state index in [-0.39, 0.29) is 9.93 Å². The quantitative estimate of drug-likeness (QED) is 0.299. The summed E-state index contributed by atoms with van der Waals surface area (Å²) < 4.78 is 0. The molecule has 0 amide bonds. The molecule has 4 heteroatoms. The zero-order valence-corrected chi connectivity index (χ0v) is 5.58. The zero-order valence-electron chi connectivity index (χ0n) is 3.79. The van der Waals surface area contributed by atoms with Gasteiger partial charge >= 0.3 is 0 Å². The number of nitriles is 1. The van der Waals surface area contributed by atoms with E-state index in [1.54, 1.807) is 6.07 Å². The third kappa shape index (κ3) is 1.92. The van der Waals surface area contributed by atoms with Crippen molar-refractivity contribution in [3.63, 3.8) is 0 Å². The molecule has 2 nitrogen and oxygen atoms in total. The van der Waals surface area contributed by atoms with Gasteiger partial charge in [-0.05, 0) is 0 Å². The second-order valence-electron chi connectivity index (χ2n) is 0.896. The number of allylic oxidation sites excluding steroid dienone is 1. The maximum absolute atomic E-state index is 8.06. The SMILES string of the molecule is [C-]#[N+]C(S)=C(S)C#N. The fourth-order valence-electron chi connectivity index (χ4n) is 0.103. The van der Waals surface area contributed by atoms with Crippen LogP contribution in [0.15, 0.2) is 9.93 Å². The van der Waals surface area contributed by atoms with Crippen LogP contribution in [0.4, 0.5) is 0 Å². The van der Waals surface area contributed by atoms with E-state index in [1.807, 2.05) is 0 Å². The number of thiol groups is 2. The molecule has 0 rings (SSSR count). The Kier molecular flexibility index (Phi) is 3.18. The first-order valence-electron chi connectivity index (χ1n) is 1.62. The molecule has 0 aliphatic rings. The van der Waals surface area contributed by atoms with Gasteiger partial charge in [0, 0.05) is 0 Å². The van der Waals surface area contributed by atoms with E-state index in [9.17, 15) is 0 Å². The first-order chi connectivity index (χ1) is 3.72. The molecule has 0 unspecified atom stereocenters. The van der Waals surface area contributed by atoms with Gasteiger partial charge in [-0.3, -0.25) is 0 Å². The number of rotatable bonds is 0. The third-order valence-electron chi connectivity index (χ3n) is 0.424. The Bertz CT molecular complexity index is 171. The normalized spacial score (nSPS) is 11.0. The van der Waals surface area contributed by atoms with Gasteiger partial charge in [-0.25, -0.2) is 4.85 Å². The van der Waals surface area contributed by atoms with Crippen LogP contribution in [0.3, 0.4) is 0 Å². The smallest absolute Gasteiger partial charge is 0.229 e. The van der Waals surface area contributed by atoms with Crippen molar-refractivity contribution in [2.45, 2.75) is 0 Å². The average Bonchev–Trinajstić information content (AvgIpc) is 1.84. The summed E-state index contributed by atoms with van der Waals surface area (Å²) in [6.45, 7) is 6.33. The van der Waals surface area contributed by atoms with Crippen molar-refractivity contribution in [2.24, 2.45) is 0 Å². The monoisotopic (exact) mass is 142 g/mol. The van der Waals surface area contributed by atoms with Crippen LogP contribution in [0.1, 0.15) is 0 Å². The molecule has 0 spiro atoms. The summed E-state index contributed by atoms with van der Waals surface area (Å²) in [5.74, 6) is 0. The Balaban J connectivity index is 4.41. The fourth-order valence-corrected chi connectivity index (χ4v) is 0.203. The van der Waals surface area contributed by atoms with Crippen molar-refractivity contribution in [3.05, 3.63) is 21.4 Å². The molecule has 0 bridgehead atoms. The van der Waals surface area contributed by atoms with Crippen LogP contribution in [-0.4, -0.2) is 0 Å². The zero-order chi connectivity index (χ0) is 6.57. The molecule has 0 saturated carbocycles. The second kappa shape index (κ2) is 3.43. The van der Waals surface area contributed by atoms with Crippen molar-refractivity contribution in [1.82, 2.24) is 0 Å². The highest BCUT2D eigenvalue weighted by atomic mass is 32.1. The number of nitrogens with zero attached hydrogens (tertiary/aromatic N) is 2. The van der Waals surface area contributed by atoms with Crippen molar-refractivity contribution >= 4 is 25.3 Å². The summed E-state index contributed by atoms with van der Waals surface area (Å²) >= 11 is 7.26. The van der Waals surface area contributed by atoms with Crippen LogP contribution in [0.25, 0.3) is 4.85 Å². The highest BCUT2D eigenvalue weighted by Crippen LogP contribution is 2.11. The van der Waals surface area contributed by atoms with Gasteiger partial charge in [0.05, 0.1) is 17.5 Å². The van der Waals surface area contributed by atoms with Gasteiger partial charge in [0.25, 0.3) is 0 Å².